The highest BCUT2D eigenvalue weighted by Crippen LogP contribution is 2.33. The van der Waals surface area contributed by atoms with E-state index in [1.54, 1.807) is 39.1 Å². The van der Waals surface area contributed by atoms with Gasteiger partial charge >= 0.3 is 0 Å². The van der Waals surface area contributed by atoms with Crippen LogP contribution in [0.2, 0.25) is 0 Å². The van der Waals surface area contributed by atoms with E-state index in [0.717, 1.165) is 18.4 Å². The van der Waals surface area contributed by atoms with Crippen LogP contribution in [0.1, 0.15) is 56.0 Å². The second-order valence-electron chi connectivity index (χ2n) is 9.77. The first-order chi connectivity index (χ1) is 16.1. The molecule has 1 aromatic heterocycles. The molecule has 1 unspecified atom stereocenters. The summed E-state index contributed by atoms with van der Waals surface area (Å²) >= 11 is 0. The van der Waals surface area contributed by atoms with Gasteiger partial charge in [0.05, 0.1) is 5.56 Å². The van der Waals surface area contributed by atoms with Crippen LogP contribution in [-0.2, 0) is 20.8 Å². The van der Waals surface area contributed by atoms with Gasteiger partial charge in [0, 0.05) is 24.4 Å². The third-order valence-corrected chi connectivity index (χ3v) is 5.44. The van der Waals surface area contributed by atoms with Crippen LogP contribution in [0.15, 0.2) is 54.9 Å². The Morgan fingerprint density at radius 1 is 0.971 bits per heavy atom. The molecule has 34 heavy (non-hydrogen) atoms. The molecule has 2 aromatic rings. The lowest BCUT2D eigenvalue weighted by atomic mass is 9.99. The number of ketones is 1. The van der Waals surface area contributed by atoms with Crippen molar-refractivity contribution in [3.63, 3.8) is 0 Å². The zero-order chi connectivity index (χ0) is 24.7. The third kappa shape index (κ3) is 7.79. The third-order valence-electron chi connectivity index (χ3n) is 5.44. The minimum absolute atomic E-state index is 0.162. The monoisotopic (exact) mass is 464 g/mol. The summed E-state index contributed by atoms with van der Waals surface area (Å²) in [5.74, 6) is -2.03. The molecule has 0 saturated heterocycles. The number of carbonyl (C=O) groups excluding carboxylic acids is 4. The van der Waals surface area contributed by atoms with E-state index in [-0.39, 0.29) is 6.42 Å². The molecule has 0 radical (unpaired) electrons. The molecule has 1 fully saturated rings. The van der Waals surface area contributed by atoms with Crippen LogP contribution in [-0.4, -0.2) is 46.1 Å². The topological polar surface area (TPSA) is 117 Å². The Bertz CT molecular complexity index is 1010. The van der Waals surface area contributed by atoms with E-state index in [1.807, 2.05) is 30.3 Å². The SMILES string of the molecule is CC(C)(C)NC(=O)C(=O)C(Cc1ccccc1)NC(=O)[C@H](CC1CC1)NC(=O)c1cccnc1. The molecule has 1 aliphatic rings. The summed E-state index contributed by atoms with van der Waals surface area (Å²) in [4.78, 5) is 55.5. The van der Waals surface area contributed by atoms with E-state index in [4.69, 9.17) is 0 Å². The van der Waals surface area contributed by atoms with E-state index in [0.29, 0.717) is 17.9 Å². The van der Waals surface area contributed by atoms with Gasteiger partial charge in [0.25, 0.3) is 11.8 Å². The molecule has 3 N–H and O–H groups in total. The number of hydrogen-bond acceptors (Lipinski definition) is 5. The molecule has 8 heteroatoms. The molecule has 2 atom stereocenters. The predicted molar refractivity (Wildman–Crippen MR) is 128 cm³/mol. The van der Waals surface area contributed by atoms with Crippen molar-refractivity contribution in [3.8, 4) is 0 Å². The van der Waals surface area contributed by atoms with Gasteiger partial charge in [-0.3, -0.25) is 24.2 Å². The summed E-state index contributed by atoms with van der Waals surface area (Å²) in [5, 5.41) is 8.19. The highest BCUT2D eigenvalue weighted by atomic mass is 16.2. The van der Waals surface area contributed by atoms with Gasteiger partial charge in [-0.05, 0) is 50.8 Å². The van der Waals surface area contributed by atoms with Crippen LogP contribution in [0.5, 0.6) is 0 Å². The molecule has 0 spiro atoms. The van der Waals surface area contributed by atoms with Crippen molar-refractivity contribution in [2.45, 2.75) is 64.1 Å². The second-order valence-corrected chi connectivity index (χ2v) is 9.77. The summed E-state index contributed by atoms with van der Waals surface area (Å²) in [6, 6.07) is 10.6. The second kappa shape index (κ2) is 11.0. The first-order valence-electron chi connectivity index (χ1n) is 11.5. The van der Waals surface area contributed by atoms with Gasteiger partial charge in [0.1, 0.15) is 12.1 Å². The fourth-order valence-corrected chi connectivity index (χ4v) is 3.55. The number of Topliss-reactive ketones (excluding diaryl/α,β-unsaturated/α-hetero) is 1. The van der Waals surface area contributed by atoms with Gasteiger partial charge in [0.2, 0.25) is 11.7 Å². The van der Waals surface area contributed by atoms with E-state index < -0.39 is 41.1 Å². The standard InChI is InChI=1S/C26H32N4O4/c1-26(2,3)30-25(34)22(31)20(14-17-8-5-4-6-9-17)28-24(33)21(15-18-11-12-18)29-23(32)19-10-7-13-27-16-19/h4-10,13,16,18,20-21H,11-12,14-15H2,1-3H3,(H,28,33)(H,29,32)(H,30,34)/t20?,21-/m0/s1. The zero-order valence-electron chi connectivity index (χ0n) is 19.8. The lowest BCUT2D eigenvalue weighted by molar-refractivity contribution is -0.141. The van der Waals surface area contributed by atoms with Crippen LogP contribution in [0.3, 0.4) is 0 Å². The molecule has 1 aromatic carbocycles. The predicted octanol–water partition coefficient (Wildman–Crippen LogP) is 2.19. The Hall–Kier alpha value is -3.55. The molecule has 3 amide bonds. The quantitative estimate of drug-likeness (QED) is 0.466. The van der Waals surface area contributed by atoms with Crippen molar-refractivity contribution in [1.29, 1.82) is 0 Å². The molecular formula is C26H32N4O4. The smallest absolute Gasteiger partial charge is 0.290 e. The van der Waals surface area contributed by atoms with E-state index in [2.05, 4.69) is 20.9 Å². The van der Waals surface area contributed by atoms with E-state index in [9.17, 15) is 19.2 Å². The molecule has 1 aliphatic carbocycles. The van der Waals surface area contributed by atoms with Gasteiger partial charge < -0.3 is 16.0 Å². The Balaban J connectivity index is 1.76. The minimum Gasteiger partial charge on any atom is -0.345 e. The van der Waals surface area contributed by atoms with Gasteiger partial charge in [0.15, 0.2) is 0 Å². The van der Waals surface area contributed by atoms with Gasteiger partial charge in [-0.15, -0.1) is 0 Å². The Kier molecular flexibility index (Phi) is 8.15. The van der Waals surface area contributed by atoms with Crippen LogP contribution in [0.4, 0.5) is 0 Å². The molecule has 0 aliphatic heterocycles. The number of rotatable bonds is 10. The molecular weight excluding hydrogens is 432 g/mol. The van der Waals surface area contributed by atoms with Crippen LogP contribution < -0.4 is 16.0 Å². The maximum atomic E-state index is 13.3. The molecule has 8 nitrogen and oxygen atoms in total. The fourth-order valence-electron chi connectivity index (χ4n) is 3.55. The Labute approximate surface area is 199 Å². The van der Waals surface area contributed by atoms with Crippen molar-refractivity contribution < 1.29 is 19.2 Å². The van der Waals surface area contributed by atoms with Crippen molar-refractivity contribution in [3.05, 3.63) is 66.0 Å². The zero-order valence-corrected chi connectivity index (χ0v) is 19.8. The average Bonchev–Trinajstić information content (AvgIpc) is 3.62. The summed E-state index contributed by atoms with van der Waals surface area (Å²) in [6.45, 7) is 5.34. The number of nitrogens with zero attached hydrogens (tertiary/aromatic N) is 1. The summed E-state index contributed by atoms with van der Waals surface area (Å²) in [6.07, 6.45) is 5.61. The Morgan fingerprint density at radius 2 is 1.68 bits per heavy atom. The molecule has 1 saturated carbocycles. The lowest BCUT2D eigenvalue weighted by Crippen LogP contribution is -2.56. The maximum absolute atomic E-state index is 13.3. The highest BCUT2D eigenvalue weighted by molar-refractivity contribution is 6.38. The molecule has 180 valence electrons. The fraction of sp³-hybridized carbons (Fsp3) is 0.423. The number of nitrogens with one attached hydrogen (secondary N) is 3. The van der Waals surface area contributed by atoms with Crippen LogP contribution >= 0.6 is 0 Å². The largest absolute Gasteiger partial charge is 0.345 e. The number of carbonyl (C=O) groups is 4. The molecule has 0 bridgehead atoms. The van der Waals surface area contributed by atoms with Gasteiger partial charge in [-0.25, -0.2) is 0 Å². The number of amides is 3. The maximum Gasteiger partial charge on any atom is 0.290 e. The van der Waals surface area contributed by atoms with E-state index >= 15 is 0 Å². The number of pyridine rings is 1. The number of benzene rings is 1. The number of aromatic nitrogens is 1. The molecule has 3 rings (SSSR count). The summed E-state index contributed by atoms with van der Waals surface area (Å²) in [7, 11) is 0. The summed E-state index contributed by atoms with van der Waals surface area (Å²) < 4.78 is 0. The number of hydrogen-bond donors (Lipinski definition) is 3. The van der Waals surface area contributed by atoms with Gasteiger partial charge in [-0.2, -0.15) is 0 Å². The summed E-state index contributed by atoms with van der Waals surface area (Å²) in [5.41, 5.74) is 0.556. The first-order valence-corrected chi connectivity index (χ1v) is 11.5. The Morgan fingerprint density at radius 3 is 2.26 bits per heavy atom. The van der Waals surface area contributed by atoms with Crippen molar-refractivity contribution in [2.24, 2.45) is 5.92 Å². The van der Waals surface area contributed by atoms with Crippen LogP contribution in [0, 0.1) is 5.92 Å². The average molecular weight is 465 g/mol. The minimum atomic E-state index is -1.06. The first kappa shape index (κ1) is 25.1. The van der Waals surface area contributed by atoms with Gasteiger partial charge in [-0.1, -0.05) is 43.2 Å². The highest BCUT2D eigenvalue weighted by Gasteiger charge is 2.34. The molecule has 1 heterocycles. The van der Waals surface area contributed by atoms with Crippen molar-refractivity contribution >= 4 is 23.5 Å². The van der Waals surface area contributed by atoms with Crippen molar-refractivity contribution in [1.82, 2.24) is 20.9 Å². The van der Waals surface area contributed by atoms with Crippen molar-refractivity contribution in [2.75, 3.05) is 0 Å². The van der Waals surface area contributed by atoms with Crippen LogP contribution in [0.25, 0.3) is 0 Å². The lowest BCUT2D eigenvalue weighted by Gasteiger charge is -2.25. The van der Waals surface area contributed by atoms with E-state index in [1.165, 1.54) is 6.20 Å². The normalized spacial score (nSPS) is 15.0.